The zero-order valence-corrected chi connectivity index (χ0v) is 10.3. The molecule has 4 nitrogen and oxygen atoms in total. The second kappa shape index (κ2) is 6.61. The zero-order chi connectivity index (χ0) is 15.3. The Bertz CT molecular complexity index is 582. The first-order chi connectivity index (χ1) is 9.35. The Morgan fingerprint density at radius 1 is 1.25 bits per heavy atom. The molecule has 3 N–H and O–H groups in total. The second-order valence-corrected chi connectivity index (χ2v) is 3.97. The number of halogens is 3. The van der Waals surface area contributed by atoms with Crippen molar-refractivity contribution in [3.05, 3.63) is 35.1 Å². The number of amides is 2. The maximum absolute atomic E-state index is 13.3. The van der Waals surface area contributed by atoms with Crippen molar-refractivity contribution >= 4 is 11.8 Å². The molecule has 0 radical (unpaired) electrons. The molecule has 0 aliphatic rings. The van der Waals surface area contributed by atoms with Crippen molar-refractivity contribution in [2.75, 3.05) is 0 Å². The van der Waals surface area contributed by atoms with Crippen LogP contribution < -0.4 is 11.1 Å². The lowest BCUT2D eigenvalue weighted by Crippen LogP contribution is -2.44. The third-order valence-corrected chi connectivity index (χ3v) is 2.44. The van der Waals surface area contributed by atoms with E-state index in [0.29, 0.717) is 12.1 Å². The van der Waals surface area contributed by atoms with E-state index < -0.39 is 41.7 Å². The van der Waals surface area contributed by atoms with E-state index in [0.717, 1.165) is 0 Å². The van der Waals surface area contributed by atoms with Crippen LogP contribution in [0.4, 0.5) is 13.2 Å². The van der Waals surface area contributed by atoms with E-state index in [9.17, 15) is 22.8 Å². The lowest BCUT2D eigenvalue weighted by Gasteiger charge is -2.13. The predicted octanol–water partition coefficient (Wildman–Crippen LogP) is 0.640. The number of rotatable bonds is 5. The highest BCUT2D eigenvalue weighted by Gasteiger charge is 2.19. The highest BCUT2D eigenvalue weighted by Crippen LogP contribution is 2.14. The molecule has 0 spiro atoms. The van der Waals surface area contributed by atoms with Crippen LogP contribution in [0.3, 0.4) is 0 Å². The lowest BCUT2D eigenvalue weighted by molar-refractivity contribution is -0.126. The van der Waals surface area contributed by atoms with Gasteiger partial charge in [0.15, 0.2) is 11.6 Å². The summed E-state index contributed by atoms with van der Waals surface area (Å²) >= 11 is 0. The highest BCUT2D eigenvalue weighted by atomic mass is 19.2. The molecule has 20 heavy (non-hydrogen) atoms. The Balaban J connectivity index is 2.79. The summed E-state index contributed by atoms with van der Waals surface area (Å²) in [6.45, 7) is 0. The molecule has 1 aromatic rings. The van der Waals surface area contributed by atoms with Gasteiger partial charge in [-0.15, -0.1) is 12.3 Å². The van der Waals surface area contributed by atoms with Crippen LogP contribution in [-0.2, 0) is 16.0 Å². The topological polar surface area (TPSA) is 72.2 Å². The molecule has 0 aromatic heterocycles. The molecule has 0 bridgehead atoms. The molecule has 0 aliphatic carbocycles. The van der Waals surface area contributed by atoms with Gasteiger partial charge in [-0.25, -0.2) is 13.2 Å². The van der Waals surface area contributed by atoms with E-state index >= 15 is 0 Å². The average Bonchev–Trinajstić information content (AvgIpc) is 2.35. The fraction of sp³-hybridized carbons (Fsp3) is 0.231. The summed E-state index contributed by atoms with van der Waals surface area (Å²) in [7, 11) is 0. The quantitative estimate of drug-likeness (QED) is 0.615. The van der Waals surface area contributed by atoms with E-state index in [1.165, 1.54) is 0 Å². The third kappa shape index (κ3) is 4.02. The normalized spacial score (nSPS) is 11.5. The van der Waals surface area contributed by atoms with Gasteiger partial charge in [0.25, 0.3) is 0 Å². The summed E-state index contributed by atoms with van der Waals surface area (Å²) in [5.74, 6) is -3.17. The summed E-state index contributed by atoms with van der Waals surface area (Å²) in [5, 5.41) is 2.19. The molecule has 0 aliphatic heterocycles. The van der Waals surface area contributed by atoms with Crippen molar-refractivity contribution in [1.82, 2.24) is 5.32 Å². The summed E-state index contributed by atoms with van der Waals surface area (Å²) < 4.78 is 39.0. The molecule has 106 valence electrons. The van der Waals surface area contributed by atoms with Gasteiger partial charge < -0.3 is 11.1 Å². The Morgan fingerprint density at radius 3 is 2.40 bits per heavy atom. The monoisotopic (exact) mass is 284 g/mol. The minimum Gasteiger partial charge on any atom is -0.368 e. The SMILES string of the molecule is C#CC[C@H](NC(=O)Cc1cc(F)c(F)cc1F)C(N)=O. The van der Waals surface area contributed by atoms with Crippen LogP contribution in [0.5, 0.6) is 0 Å². The molecule has 0 fully saturated rings. The van der Waals surface area contributed by atoms with Crippen LogP contribution in [0.15, 0.2) is 12.1 Å². The number of terminal acetylenes is 1. The Hall–Kier alpha value is -2.49. The number of carbonyl (C=O) groups is 2. The van der Waals surface area contributed by atoms with Crippen LogP contribution >= 0.6 is 0 Å². The van der Waals surface area contributed by atoms with Crippen molar-refractivity contribution in [1.29, 1.82) is 0 Å². The average molecular weight is 284 g/mol. The van der Waals surface area contributed by atoms with E-state index in [2.05, 4.69) is 11.2 Å². The van der Waals surface area contributed by atoms with Crippen molar-refractivity contribution in [3.8, 4) is 12.3 Å². The molecular formula is C13H11F3N2O2. The molecule has 0 saturated heterocycles. The van der Waals surface area contributed by atoms with Gasteiger partial charge in [0.05, 0.1) is 6.42 Å². The fourth-order valence-corrected chi connectivity index (χ4v) is 1.46. The van der Waals surface area contributed by atoms with Crippen LogP contribution in [0.2, 0.25) is 0 Å². The maximum atomic E-state index is 13.3. The molecular weight excluding hydrogens is 273 g/mol. The molecule has 0 unspecified atom stereocenters. The first kappa shape index (κ1) is 15.6. The second-order valence-electron chi connectivity index (χ2n) is 3.97. The Labute approximate surface area is 113 Å². The Kier molecular flexibility index (Phi) is 5.15. The third-order valence-electron chi connectivity index (χ3n) is 2.44. The van der Waals surface area contributed by atoms with Gasteiger partial charge in [-0.3, -0.25) is 9.59 Å². The van der Waals surface area contributed by atoms with Crippen molar-refractivity contribution < 1.29 is 22.8 Å². The number of hydrogen-bond acceptors (Lipinski definition) is 2. The minimum absolute atomic E-state index is 0.124. The highest BCUT2D eigenvalue weighted by molar-refractivity contribution is 5.87. The molecule has 1 atom stereocenters. The first-order valence-corrected chi connectivity index (χ1v) is 5.50. The van der Waals surface area contributed by atoms with Crippen molar-refractivity contribution in [3.63, 3.8) is 0 Å². The molecule has 0 heterocycles. The van der Waals surface area contributed by atoms with Gasteiger partial charge >= 0.3 is 0 Å². The number of nitrogens with two attached hydrogens (primary N) is 1. The summed E-state index contributed by atoms with van der Waals surface area (Å²) in [5.41, 5.74) is 4.66. The van der Waals surface area contributed by atoms with E-state index in [1.54, 1.807) is 0 Å². The van der Waals surface area contributed by atoms with Crippen LogP contribution in [0, 0.1) is 29.8 Å². The maximum Gasteiger partial charge on any atom is 0.240 e. The largest absolute Gasteiger partial charge is 0.368 e. The van der Waals surface area contributed by atoms with Crippen LogP contribution in [0.1, 0.15) is 12.0 Å². The van der Waals surface area contributed by atoms with E-state index in [4.69, 9.17) is 12.2 Å². The molecule has 7 heteroatoms. The zero-order valence-electron chi connectivity index (χ0n) is 10.3. The van der Waals surface area contributed by atoms with Gasteiger partial charge in [-0.1, -0.05) is 0 Å². The minimum atomic E-state index is -1.35. The lowest BCUT2D eigenvalue weighted by atomic mass is 10.1. The van der Waals surface area contributed by atoms with E-state index in [-0.39, 0.29) is 12.0 Å². The number of carbonyl (C=O) groups excluding carboxylic acids is 2. The standard InChI is InChI=1S/C13H11F3N2O2/c1-2-3-11(13(17)20)18-12(19)5-7-4-9(15)10(16)6-8(7)14/h1,4,6,11H,3,5H2,(H2,17,20)(H,18,19)/t11-/m0/s1. The number of hydrogen-bond donors (Lipinski definition) is 2. The molecule has 2 amide bonds. The number of nitrogens with one attached hydrogen (secondary N) is 1. The van der Waals surface area contributed by atoms with E-state index in [1.807, 2.05) is 0 Å². The van der Waals surface area contributed by atoms with Gasteiger partial charge in [0.1, 0.15) is 11.9 Å². The molecule has 1 aromatic carbocycles. The summed E-state index contributed by atoms with van der Waals surface area (Å²) in [4.78, 5) is 22.6. The van der Waals surface area contributed by atoms with Gasteiger partial charge in [0.2, 0.25) is 11.8 Å². The summed E-state index contributed by atoms with van der Waals surface area (Å²) in [6, 6.07) is -0.184. The fourth-order valence-electron chi connectivity index (χ4n) is 1.46. The smallest absolute Gasteiger partial charge is 0.240 e. The number of primary amides is 1. The van der Waals surface area contributed by atoms with Crippen LogP contribution in [-0.4, -0.2) is 17.9 Å². The first-order valence-electron chi connectivity index (χ1n) is 5.50. The predicted molar refractivity (Wildman–Crippen MR) is 64.6 cm³/mol. The number of benzene rings is 1. The van der Waals surface area contributed by atoms with Gasteiger partial charge in [-0.2, -0.15) is 0 Å². The van der Waals surface area contributed by atoms with Gasteiger partial charge in [-0.05, 0) is 6.07 Å². The summed E-state index contributed by atoms with van der Waals surface area (Å²) in [6.07, 6.45) is 4.30. The van der Waals surface area contributed by atoms with Crippen LogP contribution in [0.25, 0.3) is 0 Å². The molecule has 1 rings (SSSR count). The van der Waals surface area contributed by atoms with Gasteiger partial charge in [0, 0.05) is 18.1 Å². The van der Waals surface area contributed by atoms with Crippen molar-refractivity contribution in [2.45, 2.75) is 18.9 Å². The Morgan fingerprint density at radius 2 is 1.85 bits per heavy atom. The van der Waals surface area contributed by atoms with Crippen molar-refractivity contribution in [2.24, 2.45) is 5.73 Å². The molecule has 0 saturated carbocycles.